The summed E-state index contributed by atoms with van der Waals surface area (Å²) in [4.78, 5) is 0. The van der Waals surface area contributed by atoms with Crippen LogP contribution in [0.5, 0.6) is 5.75 Å². The monoisotopic (exact) mass is 195 g/mol. The molecule has 0 fully saturated rings. The van der Waals surface area contributed by atoms with Crippen LogP contribution in [0, 0.1) is 5.82 Å². The van der Waals surface area contributed by atoms with Crippen molar-refractivity contribution in [3.05, 3.63) is 36.2 Å². The summed E-state index contributed by atoms with van der Waals surface area (Å²) in [7, 11) is 1.50. The Labute approximate surface area is 83.2 Å². The molecule has 0 atom stereocenters. The molecule has 0 heterocycles. The van der Waals surface area contributed by atoms with Gasteiger partial charge in [-0.05, 0) is 30.7 Å². The van der Waals surface area contributed by atoms with Crippen molar-refractivity contribution in [1.29, 1.82) is 0 Å². The third kappa shape index (κ3) is 2.33. The van der Waals surface area contributed by atoms with Crippen LogP contribution in [-0.2, 0) is 0 Å². The molecule has 0 unspecified atom stereocenters. The minimum atomic E-state index is -0.317. The van der Waals surface area contributed by atoms with Gasteiger partial charge in [-0.2, -0.15) is 0 Å². The lowest BCUT2D eigenvalue weighted by Crippen LogP contribution is -2.00. The Morgan fingerprint density at radius 2 is 2.29 bits per heavy atom. The van der Waals surface area contributed by atoms with Crippen LogP contribution in [0.4, 0.5) is 4.39 Å². The third-order valence-electron chi connectivity index (χ3n) is 2.00. The molecular formula is C11H14FNO. The lowest BCUT2D eigenvalue weighted by Gasteiger charge is -2.07. The number of benzene rings is 1. The zero-order valence-electron chi connectivity index (χ0n) is 8.22. The Morgan fingerprint density at radius 1 is 1.57 bits per heavy atom. The van der Waals surface area contributed by atoms with Crippen LogP contribution in [0.1, 0.15) is 12.0 Å². The molecule has 0 radical (unpaired) electrons. The highest BCUT2D eigenvalue weighted by Gasteiger charge is 2.06. The largest absolute Gasteiger partial charge is 0.497 e. The van der Waals surface area contributed by atoms with Crippen molar-refractivity contribution >= 4 is 5.57 Å². The van der Waals surface area contributed by atoms with Crippen LogP contribution in [0.2, 0.25) is 0 Å². The van der Waals surface area contributed by atoms with Gasteiger partial charge in [0.2, 0.25) is 0 Å². The zero-order valence-corrected chi connectivity index (χ0v) is 8.22. The van der Waals surface area contributed by atoms with Gasteiger partial charge in [-0.25, -0.2) is 4.39 Å². The van der Waals surface area contributed by atoms with Gasteiger partial charge >= 0.3 is 0 Å². The number of rotatable bonds is 4. The average molecular weight is 195 g/mol. The van der Waals surface area contributed by atoms with Crippen molar-refractivity contribution in [1.82, 2.24) is 0 Å². The number of nitrogens with two attached hydrogens (primary N) is 1. The van der Waals surface area contributed by atoms with Crippen LogP contribution in [0.15, 0.2) is 24.8 Å². The average Bonchev–Trinajstić information content (AvgIpc) is 2.17. The molecule has 0 aliphatic heterocycles. The smallest absolute Gasteiger partial charge is 0.134 e. The summed E-state index contributed by atoms with van der Waals surface area (Å²) in [6, 6.07) is 4.71. The molecule has 0 saturated heterocycles. The van der Waals surface area contributed by atoms with Crippen molar-refractivity contribution in [2.75, 3.05) is 13.7 Å². The SMILES string of the molecule is C=C(CCN)c1ccc(OC)cc1F. The molecule has 1 rings (SSSR count). The van der Waals surface area contributed by atoms with Crippen LogP contribution >= 0.6 is 0 Å². The molecule has 3 heteroatoms. The van der Waals surface area contributed by atoms with Gasteiger partial charge in [-0.3, -0.25) is 0 Å². The van der Waals surface area contributed by atoms with Gasteiger partial charge in [0.25, 0.3) is 0 Å². The molecule has 0 aliphatic rings. The topological polar surface area (TPSA) is 35.2 Å². The van der Waals surface area contributed by atoms with Gasteiger partial charge in [0.1, 0.15) is 11.6 Å². The Hall–Kier alpha value is -1.35. The van der Waals surface area contributed by atoms with Crippen molar-refractivity contribution in [3.63, 3.8) is 0 Å². The predicted octanol–water partition coefficient (Wildman–Crippen LogP) is 2.20. The molecule has 2 N–H and O–H groups in total. The first-order valence-corrected chi connectivity index (χ1v) is 4.40. The van der Waals surface area contributed by atoms with Crippen LogP contribution in [0.25, 0.3) is 5.57 Å². The highest BCUT2D eigenvalue weighted by Crippen LogP contribution is 2.23. The molecule has 1 aromatic carbocycles. The highest BCUT2D eigenvalue weighted by molar-refractivity contribution is 5.64. The third-order valence-corrected chi connectivity index (χ3v) is 2.00. The number of methoxy groups -OCH3 is 1. The maximum atomic E-state index is 13.4. The Bertz CT molecular complexity index is 336. The van der Waals surface area contributed by atoms with Crippen LogP contribution < -0.4 is 10.5 Å². The second-order valence-corrected chi connectivity index (χ2v) is 2.99. The Morgan fingerprint density at radius 3 is 2.79 bits per heavy atom. The van der Waals surface area contributed by atoms with E-state index in [2.05, 4.69) is 6.58 Å². The molecule has 1 aromatic rings. The van der Waals surface area contributed by atoms with E-state index in [0.29, 0.717) is 29.9 Å². The van der Waals surface area contributed by atoms with E-state index in [4.69, 9.17) is 10.5 Å². The maximum Gasteiger partial charge on any atom is 0.134 e. The molecular weight excluding hydrogens is 181 g/mol. The van der Waals surface area contributed by atoms with Crippen molar-refractivity contribution < 1.29 is 9.13 Å². The lowest BCUT2D eigenvalue weighted by molar-refractivity contribution is 0.411. The van der Waals surface area contributed by atoms with E-state index in [1.807, 2.05) is 0 Å². The van der Waals surface area contributed by atoms with Gasteiger partial charge in [-0.15, -0.1) is 0 Å². The van der Waals surface area contributed by atoms with Crippen molar-refractivity contribution in [2.24, 2.45) is 5.73 Å². The first-order valence-electron chi connectivity index (χ1n) is 4.40. The molecule has 0 spiro atoms. The molecule has 14 heavy (non-hydrogen) atoms. The predicted molar refractivity (Wildman–Crippen MR) is 55.7 cm³/mol. The second kappa shape index (κ2) is 4.77. The van der Waals surface area contributed by atoms with Crippen LogP contribution in [-0.4, -0.2) is 13.7 Å². The zero-order chi connectivity index (χ0) is 10.6. The first kappa shape index (κ1) is 10.7. The minimum Gasteiger partial charge on any atom is -0.497 e. The van der Waals surface area contributed by atoms with E-state index in [-0.39, 0.29) is 5.82 Å². The summed E-state index contributed by atoms with van der Waals surface area (Å²) in [5.74, 6) is 0.189. The maximum absolute atomic E-state index is 13.4. The number of hydrogen-bond donors (Lipinski definition) is 1. The summed E-state index contributed by atoms with van der Waals surface area (Å²) in [6.45, 7) is 4.25. The van der Waals surface area contributed by atoms with Gasteiger partial charge in [0, 0.05) is 11.6 Å². The standard InChI is InChI=1S/C11H14FNO/c1-8(5-6-13)10-4-3-9(14-2)7-11(10)12/h3-4,7H,1,5-6,13H2,2H3. The molecule has 2 nitrogen and oxygen atoms in total. The number of ether oxygens (including phenoxy) is 1. The summed E-state index contributed by atoms with van der Waals surface area (Å²) >= 11 is 0. The Kier molecular flexibility index (Phi) is 3.65. The number of hydrogen-bond acceptors (Lipinski definition) is 2. The number of halogens is 1. The molecule has 0 aliphatic carbocycles. The molecule has 0 amide bonds. The lowest BCUT2D eigenvalue weighted by atomic mass is 10.0. The summed E-state index contributed by atoms with van der Waals surface area (Å²) in [5, 5.41) is 0. The normalized spacial score (nSPS) is 9.93. The fraction of sp³-hybridized carbons (Fsp3) is 0.273. The second-order valence-electron chi connectivity index (χ2n) is 2.99. The molecule has 0 aromatic heterocycles. The highest BCUT2D eigenvalue weighted by atomic mass is 19.1. The summed E-state index contributed by atoms with van der Waals surface area (Å²) < 4.78 is 18.3. The van der Waals surface area contributed by atoms with Gasteiger partial charge in [0.15, 0.2) is 0 Å². The van der Waals surface area contributed by atoms with Gasteiger partial charge in [-0.1, -0.05) is 6.58 Å². The van der Waals surface area contributed by atoms with Gasteiger partial charge in [0.05, 0.1) is 7.11 Å². The van der Waals surface area contributed by atoms with E-state index >= 15 is 0 Å². The minimum absolute atomic E-state index is 0.317. The van der Waals surface area contributed by atoms with Crippen LogP contribution in [0.3, 0.4) is 0 Å². The van der Waals surface area contributed by atoms with E-state index in [1.165, 1.54) is 13.2 Å². The van der Waals surface area contributed by atoms with E-state index in [0.717, 1.165) is 0 Å². The molecule has 0 bridgehead atoms. The van der Waals surface area contributed by atoms with E-state index < -0.39 is 0 Å². The summed E-state index contributed by atoms with van der Waals surface area (Å²) in [6.07, 6.45) is 0.600. The summed E-state index contributed by atoms with van der Waals surface area (Å²) in [5.41, 5.74) is 6.59. The fourth-order valence-electron chi connectivity index (χ4n) is 1.22. The Balaban J connectivity index is 2.94. The van der Waals surface area contributed by atoms with Gasteiger partial charge < -0.3 is 10.5 Å². The van der Waals surface area contributed by atoms with Crippen molar-refractivity contribution in [3.8, 4) is 5.75 Å². The van der Waals surface area contributed by atoms with Crippen molar-refractivity contribution in [2.45, 2.75) is 6.42 Å². The van der Waals surface area contributed by atoms with E-state index in [9.17, 15) is 4.39 Å². The first-order chi connectivity index (χ1) is 6.69. The fourth-order valence-corrected chi connectivity index (χ4v) is 1.22. The molecule has 0 saturated carbocycles. The molecule has 76 valence electrons. The quantitative estimate of drug-likeness (QED) is 0.799. The van der Waals surface area contributed by atoms with E-state index in [1.54, 1.807) is 12.1 Å².